The van der Waals surface area contributed by atoms with Gasteiger partial charge in [0.05, 0.1) is 25.3 Å². The van der Waals surface area contributed by atoms with E-state index >= 15 is 0 Å². The minimum atomic E-state index is -2.28. The van der Waals surface area contributed by atoms with Crippen molar-refractivity contribution in [3.63, 3.8) is 0 Å². The molecule has 0 aliphatic carbocycles. The molecule has 3 aromatic rings. The van der Waals surface area contributed by atoms with E-state index in [1.54, 1.807) is 6.92 Å². The predicted molar refractivity (Wildman–Crippen MR) is 169 cm³/mol. The molecule has 0 amide bonds. The number of carbonyl (C=O) groups is 5. The van der Waals surface area contributed by atoms with E-state index in [-0.39, 0.29) is 16.5 Å². The van der Waals surface area contributed by atoms with E-state index < -0.39 is 36.1 Å². The zero-order valence-corrected chi connectivity index (χ0v) is 26.7. The highest BCUT2D eigenvalue weighted by molar-refractivity contribution is 5.95. The molecule has 4 rings (SSSR count). The second kappa shape index (κ2) is 16.9. The molecule has 250 valence electrons. The third-order valence-corrected chi connectivity index (χ3v) is 7.44. The molecule has 1 aliphatic rings. The Morgan fingerprint density at radius 2 is 1.19 bits per heavy atom. The molecule has 1 fully saturated rings. The Morgan fingerprint density at radius 3 is 1.57 bits per heavy atom. The van der Waals surface area contributed by atoms with Gasteiger partial charge < -0.3 is 34.0 Å². The lowest BCUT2D eigenvalue weighted by molar-refractivity contribution is -0.166. The molecule has 12 heteroatoms. The molecular formula is C35H39NO11. The highest BCUT2D eigenvalue weighted by Crippen LogP contribution is 2.34. The molecular weight excluding hydrogens is 610 g/mol. The molecule has 0 unspecified atom stereocenters. The van der Waals surface area contributed by atoms with Gasteiger partial charge in [-0.25, -0.2) is 19.2 Å². The van der Waals surface area contributed by atoms with Crippen LogP contribution in [0.2, 0.25) is 0 Å². The fourth-order valence-corrected chi connectivity index (χ4v) is 5.15. The Morgan fingerprint density at radius 1 is 0.745 bits per heavy atom. The quantitative estimate of drug-likeness (QED) is 0.249. The Hall–Kier alpha value is -5.23. The standard InChI is InChI=1S/C20H18O10.C15H21NO/c1-27-13-7-3-11(4-8-13)19(25)29-15(17(21)22)16(18(23)24)30-20(26)12-5-9-14(28-2)10-6-12;1-13(17)10-15(2)8-9-16(12-15)11-14-6-4-3-5-7-14/h3-10,15-16H,1-2H3,(H,21,22)(H,23,24);3-7H,8-12H2,1-2H3/t15-,16-;15-/m00/s1. The van der Waals surface area contributed by atoms with Gasteiger partial charge in [-0.3, -0.25) is 4.90 Å². The second-order valence-electron chi connectivity index (χ2n) is 11.4. The number of benzene rings is 3. The third kappa shape index (κ3) is 11.0. The lowest BCUT2D eigenvalue weighted by atomic mass is 9.84. The summed E-state index contributed by atoms with van der Waals surface area (Å²) in [5.74, 6) is -4.63. The summed E-state index contributed by atoms with van der Waals surface area (Å²) in [6.45, 7) is 7.10. The maximum atomic E-state index is 12.2. The van der Waals surface area contributed by atoms with Gasteiger partial charge in [-0.15, -0.1) is 0 Å². The Labute approximate surface area is 272 Å². The molecule has 12 nitrogen and oxygen atoms in total. The van der Waals surface area contributed by atoms with Gasteiger partial charge in [-0.2, -0.15) is 0 Å². The van der Waals surface area contributed by atoms with Crippen LogP contribution in [-0.2, 0) is 30.4 Å². The molecule has 3 atom stereocenters. The van der Waals surface area contributed by atoms with Gasteiger partial charge in [0.25, 0.3) is 0 Å². The Kier molecular flexibility index (Phi) is 13.0. The van der Waals surface area contributed by atoms with Crippen LogP contribution in [0, 0.1) is 5.41 Å². The number of likely N-dealkylation sites (tertiary alicyclic amines) is 1. The second-order valence-corrected chi connectivity index (χ2v) is 11.4. The molecule has 0 spiro atoms. The first-order valence-electron chi connectivity index (χ1n) is 14.8. The number of carbonyl (C=O) groups excluding carboxylic acids is 3. The minimum absolute atomic E-state index is 0.0485. The van der Waals surface area contributed by atoms with Crippen molar-refractivity contribution in [1.29, 1.82) is 0 Å². The van der Waals surface area contributed by atoms with Crippen LogP contribution in [0.5, 0.6) is 11.5 Å². The molecule has 1 saturated heterocycles. The topological polar surface area (TPSA) is 166 Å². The van der Waals surface area contributed by atoms with Crippen LogP contribution < -0.4 is 9.47 Å². The average Bonchev–Trinajstić information content (AvgIpc) is 3.41. The van der Waals surface area contributed by atoms with Crippen LogP contribution in [0.15, 0.2) is 78.9 Å². The summed E-state index contributed by atoms with van der Waals surface area (Å²) in [5.41, 5.74) is 1.46. The van der Waals surface area contributed by atoms with Crippen molar-refractivity contribution in [3.05, 3.63) is 95.6 Å². The third-order valence-electron chi connectivity index (χ3n) is 7.44. The highest BCUT2D eigenvalue weighted by Gasteiger charge is 2.41. The van der Waals surface area contributed by atoms with E-state index in [2.05, 4.69) is 36.1 Å². The first kappa shape index (κ1) is 36.2. The molecule has 0 radical (unpaired) electrons. The maximum absolute atomic E-state index is 12.2. The first-order chi connectivity index (χ1) is 22.3. The lowest BCUT2D eigenvalue weighted by Gasteiger charge is -2.23. The number of carboxylic acid groups (broad SMARTS) is 2. The molecule has 3 aromatic carbocycles. The predicted octanol–water partition coefficient (Wildman–Crippen LogP) is 4.50. The van der Waals surface area contributed by atoms with Crippen LogP contribution in [0.25, 0.3) is 0 Å². The number of hydrogen-bond donors (Lipinski definition) is 2. The molecule has 0 aromatic heterocycles. The number of hydrogen-bond acceptors (Lipinski definition) is 10. The van der Waals surface area contributed by atoms with E-state index in [4.69, 9.17) is 18.9 Å². The number of rotatable bonds is 13. The van der Waals surface area contributed by atoms with Crippen molar-refractivity contribution in [3.8, 4) is 11.5 Å². The van der Waals surface area contributed by atoms with Gasteiger partial charge in [-0.05, 0) is 79.4 Å². The van der Waals surface area contributed by atoms with Crippen molar-refractivity contribution in [1.82, 2.24) is 4.90 Å². The van der Waals surface area contributed by atoms with E-state index in [1.165, 1.54) is 68.3 Å². The first-order valence-corrected chi connectivity index (χ1v) is 14.8. The number of carboxylic acids is 2. The zero-order valence-electron chi connectivity index (χ0n) is 26.7. The smallest absolute Gasteiger partial charge is 0.349 e. The van der Waals surface area contributed by atoms with Crippen LogP contribution in [0.4, 0.5) is 0 Å². The van der Waals surface area contributed by atoms with E-state index in [0.29, 0.717) is 17.3 Å². The molecule has 1 heterocycles. The van der Waals surface area contributed by atoms with Gasteiger partial charge >= 0.3 is 23.9 Å². The van der Waals surface area contributed by atoms with Crippen molar-refractivity contribution in [2.45, 2.75) is 45.4 Å². The van der Waals surface area contributed by atoms with Gasteiger partial charge in [-0.1, -0.05) is 37.3 Å². The van der Waals surface area contributed by atoms with Gasteiger partial charge in [0.15, 0.2) is 0 Å². The van der Waals surface area contributed by atoms with Gasteiger partial charge in [0.1, 0.15) is 17.3 Å². The molecule has 0 bridgehead atoms. The van der Waals surface area contributed by atoms with Crippen LogP contribution >= 0.6 is 0 Å². The monoisotopic (exact) mass is 649 g/mol. The summed E-state index contributed by atoms with van der Waals surface area (Å²) in [6.07, 6.45) is -2.70. The zero-order chi connectivity index (χ0) is 34.6. The number of aliphatic carboxylic acids is 2. The van der Waals surface area contributed by atoms with Crippen LogP contribution in [0.3, 0.4) is 0 Å². The summed E-state index contributed by atoms with van der Waals surface area (Å²) in [7, 11) is 2.84. The molecule has 2 N–H and O–H groups in total. The summed E-state index contributed by atoms with van der Waals surface area (Å²) in [6, 6.07) is 21.5. The molecule has 47 heavy (non-hydrogen) atoms. The minimum Gasteiger partial charge on any atom is -0.497 e. The number of Topliss-reactive ketones (excluding diaryl/α,β-unsaturated/α-hetero) is 1. The Bertz CT molecular complexity index is 1450. The SMILES string of the molecule is CC(=O)C[C@]1(C)CCN(Cc2ccccc2)C1.COc1ccc(C(=O)O[C@H](C(=O)O)[C@H](OC(=O)c2ccc(OC)cc2)C(=O)O)cc1. The summed E-state index contributed by atoms with van der Waals surface area (Å²) in [5, 5.41) is 18.7. The highest BCUT2D eigenvalue weighted by atomic mass is 16.6. The summed E-state index contributed by atoms with van der Waals surface area (Å²) in [4.78, 5) is 61.3. The van der Waals surface area contributed by atoms with Crippen LogP contribution in [0.1, 0.15) is 53.0 Å². The number of nitrogens with zero attached hydrogens (tertiary/aromatic N) is 1. The lowest BCUT2D eigenvalue weighted by Crippen LogP contribution is -2.45. The summed E-state index contributed by atoms with van der Waals surface area (Å²) < 4.78 is 19.5. The fourth-order valence-electron chi connectivity index (χ4n) is 5.15. The Balaban J connectivity index is 0.000000297. The summed E-state index contributed by atoms with van der Waals surface area (Å²) >= 11 is 0. The van der Waals surface area contributed by atoms with E-state index in [0.717, 1.165) is 32.5 Å². The number of ketones is 1. The molecule has 0 saturated carbocycles. The van der Waals surface area contributed by atoms with Gasteiger partial charge in [0.2, 0.25) is 12.2 Å². The van der Waals surface area contributed by atoms with Gasteiger partial charge in [0, 0.05) is 19.5 Å². The maximum Gasteiger partial charge on any atom is 0.349 e. The van der Waals surface area contributed by atoms with Crippen molar-refractivity contribution >= 4 is 29.7 Å². The molecule has 1 aliphatic heterocycles. The number of ether oxygens (including phenoxy) is 4. The average molecular weight is 650 g/mol. The van der Waals surface area contributed by atoms with E-state index in [9.17, 15) is 34.2 Å². The van der Waals surface area contributed by atoms with Crippen LogP contribution in [-0.4, -0.2) is 84.3 Å². The fraction of sp³-hybridized carbons (Fsp3) is 0.343. The van der Waals surface area contributed by atoms with Crippen molar-refractivity contribution in [2.75, 3.05) is 27.3 Å². The largest absolute Gasteiger partial charge is 0.497 e. The van der Waals surface area contributed by atoms with E-state index in [1.807, 2.05) is 6.07 Å². The van der Waals surface area contributed by atoms with Crippen molar-refractivity contribution in [2.24, 2.45) is 5.41 Å². The number of esters is 2. The normalized spacial score (nSPS) is 16.9. The number of methoxy groups -OCH3 is 2. The van der Waals surface area contributed by atoms with Crippen molar-refractivity contribution < 1.29 is 53.1 Å².